The third kappa shape index (κ3) is 3.97. The van der Waals surface area contributed by atoms with Crippen LogP contribution in [0.1, 0.15) is 37.7 Å². The molecule has 6 nitrogen and oxygen atoms in total. The van der Waals surface area contributed by atoms with E-state index in [-0.39, 0.29) is 6.79 Å². The van der Waals surface area contributed by atoms with Gasteiger partial charge in [0.1, 0.15) is 18.1 Å². The number of anilines is 1. The van der Waals surface area contributed by atoms with Gasteiger partial charge in [-0.05, 0) is 48.7 Å². The number of fused-ring (bicyclic) bond motifs is 2. The van der Waals surface area contributed by atoms with E-state index in [9.17, 15) is 0 Å². The third-order valence-corrected chi connectivity index (χ3v) is 6.44. The van der Waals surface area contributed by atoms with Crippen molar-refractivity contribution in [2.75, 3.05) is 12.1 Å². The zero-order valence-electron chi connectivity index (χ0n) is 18.5. The Kier molecular flexibility index (Phi) is 5.26. The Morgan fingerprint density at radius 3 is 2.67 bits per heavy atom. The molecular formula is C27H27N3O3. The molecule has 2 aromatic heterocycles. The van der Waals surface area contributed by atoms with E-state index in [4.69, 9.17) is 19.2 Å². The first-order valence-electron chi connectivity index (χ1n) is 11.7. The van der Waals surface area contributed by atoms with Crippen LogP contribution in [-0.4, -0.2) is 22.2 Å². The average molecular weight is 442 g/mol. The first-order valence-corrected chi connectivity index (χ1v) is 11.7. The van der Waals surface area contributed by atoms with Crippen molar-refractivity contribution in [2.45, 2.75) is 44.8 Å². The molecule has 6 rings (SSSR count). The minimum Gasteiger partial charge on any atom is -0.485 e. The van der Waals surface area contributed by atoms with E-state index >= 15 is 0 Å². The van der Waals surface area contributed by atoms with Gasteiger partial charge in [0, 0.05) is 17.8 Å². The highest BCUT2D eigenvalue weighted by Crippen LogP contribution is 2.39. The summed E-state index contributed by atoms with van der Waals surface area (Å²) < 4.78 is 19.5. The molecule has 0 bridgehead atoms. The molecule has 3 heterocycles. The number of pyridine rings is 1. The van der Waals surface area contributed by atoms with Crippen molar-refractivity contribution < 1.29 is 14.2 Å². The summed E-state index contributed by atoms with van der Waals surface area (Å²) in [7, 11) is 0. The standard InChI is InChI=1S/C27H27N3O3/c1-3-8-19(9-4-1)17-31-23-12-7-15-30-26(23)29-25(27(30)28-21-10-5-2-6-11-21)20-13-14-22-24(16-20)33-18-32-22/h1,3-4,7-9,12-16,21,28H,2,5-6,10-11,17-18H2. The quantitative estimate of drug-likeness (QED) is 0.395. The zero-order chi connectivity index (χ0) is 22.0. The highest BCUT2D eigenvalue weighted by molar-refractivity contribution is 5.80. The molecular weight excluding hydrogens is 414 g/mol. The number of aromatic nitrogens is 2. The first kappa shape index (κ1) is 20.0. The van der Waals surface area contributed by atoms with Gasteiger partial charge in [0.2, 0.25) is 6.79 Å². The van der Waals surface area contributed by atoms with Crippen LogP contribution in [0.15, 0.2) is 66.9 Å². The smallest absolute Gasteiger partial charge is 0.231 e. The molecule has 6 heteroatoms. The molecule has 0 radical (unpaired) electrons. The molecule has 0 unspecified atom stereocenters. The van der Waals surface area contributed by atoms with Crippen molar-refractivity contribution in [3.63, 3.8) is 0 Å². The predicted molar refractivity (Wildman–Crippen MR) is 128 cm³/mol. The zero-order valence-corrected chi connectivity index (χ0v) is 18.5. The van der Waals surface area contributed by atoms with Crippen LogP contribution in [0.5, 0.6) is 17.2 Å². The summed E-state index contributed by atoms with van der Waals surface area (Å²) in [5, 5.41) is 3.81. The lowest BCUT2D eigenvalue weighted by molar-refractivity contribution is 0.174. The van der Waals surface area contributed by atoms with Gasteiger partial charge in [0.05, 0.1) is 0 Å². The van der Waals surface area contributed by atoms with Gasteiger partial charge in [-0.1, -0.05) is 49.6 Å². The normalized spacial score (nSPS) is 15.6. The summed E-state index contributed by atoms with van der Waals surface area (Å²) in [4.78, 5) is 5.07. The molecule has 33 heavy (non-hydrogen) atoms. The molecule has 2 aromatic carbocycles. The molecule has 1 aliphatic carbocycles. The molecule has 1 aliphatic heterocycles. The molecule has 0 saturated heterocycles. The minimum atomic E-state index is 0.259. The van der Waals surface area contributed by atoms with E-state index in [2.05, 4.69) is 28.0 Å². The number of nitrogens with zero attached hydrogens (tertiary/aromatic N) is 2. The van der Waals surface area contributed by atoms with E-state index in [1.807, 2.05) is 48.5 Å². The third-order valence-electron chi connectivity index (χ3n) is 6.44. The number of benzene rings is 2. The number of hydrogen-bond donors (Lipinski definition) is 1. The first-order chi connectivity index (χ1) is 16.3. The Morgan fingerprint density at radius 2 is 1.79 bits per heavy atom. The van der Waals surface area contributed by atoms with Gasteiger partial charge < -0.3 is 19.5 Å². The maximum Gasteiger partial charge on any atom is 0.231 e. The lowest BCUT2D eigenvalue weighted by Crippen LogP contribution is -2.23. The molecule has 1 saturated carbocycles. The number of ether oxygens (including phenoxy) is 3. The second-order valence-corrected chi connectivity index (χ2v) is 8.70. The van der Waals surface area contributed by atoms with Gasteiger partial charge in [-0.2, -0.15) is 0 Å². The van der Waals surface area contributed by atoms with E-state index in [0.29, 0.717) is 12.6 Å². The van der Waals surface area contributed by atoms with E-state index in [1.165, 1.54) is 32.1 Å². The van der Waals surface area contributed by atoms with Crippen LogP contribution in [0.25, 0.3) is 16.9 Å². The fourth-order valence-corrected chi connectivity index (χ4v) is 4.71. The lowest BCUT2D eigenvalue weighted by Gasteiger charge is -2.24. The van der Waals surface area contributed by atoms with Crippen molar-refractivity contribution in [2.24, 2.45) is 0 Å². The van der Waals surface area contributed by atoms with E-state index in [1.54, 1.807) is 0 Å². The van der Waals surface area contributed by atoms with Crippen molar-refractivity contribution in [3.05, 3.63) is 72.4 Å². The second-order valence-electron chi connectivity index (χ2n) is 8.70. The van der Waals surface area contributed by atoms with Crippen molar-refractivity contribution in [3.8, 4) is 28.5 Å². The summed E-state index contributed by atoms with van der Waals surface area (Å²) in [6, 6.07) is 20.7. The number of nitrogens with one attached hydrogen (secondary N) is 1. The van der Waals surface area contributed by atoms with Crippen LogP contribution in [0, 0.1) is 0 Å². The second kappa shape index (κ2) is 8.70. The maximum atomic E-state index is 6.22. The summed E-state index contributed by atoms with van der Waals surface area (Å²) >= 11 is 0. The molecule has 4 aromatic rings. The van der Waals surface area contributed by atoms with Gasteiger partial charge in [0.25, 0.3) is 0 Å². The monoisotopic (exact) mass is 441 g/mol. The van der Waals surface area contributed by atoms with Crippen molar-refractivity contribution in [1.29, 1.82) is 0 Å². The summed E-state index contributed by atoms with van der Waals surface area (Å²) in [6.07, 6.45) is 8.26. The highest BCUT2D eigenvalue weighted by Gasteiger charge is 2.23. The van der Waals surface area contributed by atoms with Gasteiger partial charge in [-0.15, -0.1) is 0 Å². The molecule has 0 atom stereocenters. The molecule has 0 amide bonds. The molecule has 2 aliphatic rings. The number of hydrogen-bond acceptors (Lipinski definition) is 5. The van der Waals surface area contributed by atoms with Crippen LogP contribution in [0.2, 0.25) is 0 Å². The summed E-state index contributed by atoms with van der Waals surface area (Å²) in [6.45, 7) is 0.757. The topological polar surface area (TPSA) is 57.0 Å². The van der Waals surface area contributed by atoms with Crippen LogP contribution in [0.3, 0.4) is 0 Å². The van der Waals surface area contributed by atoms with Gasteiger partial charge in [-0.25, -0.2) is 4.98 Å². The van der Waals surface area contributed by atoms with Crippen LogP contribution < -0.4 is 19.5 Å². The van der Waals surface area contributed by atoms with Gasteiger partial charge >= 0.3 is 0 Å². The van der Waals surface area contributed by atoms with Gasteiger partial charge in [-0.3, -0.25) is 4.40 Å². The van der Waals surface area contributed by atoms with E-state index < -0.39 is 0 Å². The molecule has 0 spiro atoms. The summed E-state index contributed by atoms with van der Waals surface area (Å²) in [5.74, 6) is 3.30. The Morgan fingerprint density at radius 1 is 0.939 bits per heavy atom. The molecule has 1 fully saturated rings. The highest BCUT2D eigenvalue weighted by atomic mass is 16.7. The molecule has 168 valence electrons. The largest absolute Gasteiger partial charge is 0.485 e. The Balaban J connectivity index is 1.41. The minimum absolute atomic E-state index is 0.259. The van der Waals surface area contributed by atoms with Gasteiger partial charge in [0.15, 0.2) is 22.9 Å². The summed E-state index contributed by atoms with van der Waals surface area (Å²) in [5.41, 5.74) is 3.83. The van der Waals surface area contributed by atoms with E-state index in [0.717, 1.165) is 45.5 Å². The maximum absolute atomic E-state index is 6.22. The number of rotatable bonds is 6. The predicted octanol–water partition coefficient (Wildman–Crippen LogP) is 6.05. The lowest BCUT2D eigenvalue weighted by atomic mass is 9.95. The van der Waals surface area contributed by atoms with Crippen LogP contribution in [-0.2, 0) is 6.61 Å². The van der Waals surface area contributed by atoms with Crippen molar-refractivity contribution >= 4 is 11.5 Å². The Labute approximate surface area is 193 Å². The Hall–Kier alpha value is -3.67. The van der Waals surface area contributed by atoms with Crippen LogP contribution >= 0.6 is 0 Å². The Bertz CT molecular complexity index is 1260. The SMILES string of the molecule is c1ccc(COc2cccn3c(NC4CCCCC4)c(-c4ccc5c(c4)OCO5)nc23)cc1. The fourth-order valence-electron chi connectivity index (χ4n) is 4.71. The molecule has 1 N–H and O–H groups in total. The number of imidazole rings is 1. The van der Waals surface area contributed by atoms with Crippen LogP contribution in [0.4, 0.5) is 5.82 Å². The average Bonchev–Trinajstić information content (AvgIpc) is 3.49. The fraction of sp³-hybridized carbons (Fsp3) is 0.296. The van der Waals surface area contributed by atoms with Crippen molar-refractivity contribution in [1.82, 2.24) is 9.38 Å².